The topological polar surface area (TPSA) is 70.6 Å². The minimum Gasteiger partial charge on any atom is -0.376 e. The number of nitrogens with one attached hydrogen (secondary N) is 1. The smallest absolute Gasteiger partial charge is 0.274 e. The summed E-state index contributed by atoms with van der Waals surface area (Å²) in [5, 5.41) is 3.23. The van der Waals surface area contributed by atoms with Gasteiger partial charge in [-0.15, -0.1) is 0 Å². The highest BCUT2D eigenvalue weighted by Crippen LogP contribution is 2.14. The second kappa shape index (κ2) is 9.12. The normalized spacial score (nSPS) is 20.3. The predicted octanol–water partition coefficient (Wildman–Crippen LogP) is 2.03. The molecule has 2 aliphatic heterocycles. The van der Waals surface area contributed by atoms with E-state index < -0.39 is 0 Å². The highest BCUT2D eigenvalue weighted by Gasteiger charge is 2.23. The van der Waals surface area contributed by atoms with Crippen molar-refractivity contribution in [1.82, 2.24) is 19.8 Å². The SMILES string of the molecule is O=C(c1cnc(NCC2CCCO2)cn1)N1CCN(Cc2ccccc2)CC1. The molecule has 148 valence electrons. The van der Waals surface area contributed by atoms with Crippen molar-refractivity contribution in [2.45, 2.75) is 25.5 Å². The van der Waals surface area contributed by atoms with Crippen LogP contribution in [-0.4, -0.2) is 71.1 Å². The molecule has 1 atom stereocenters. The van der Waals surface area contributed by atoms with Crippen LogP contribution in [0.4, 0.5) is 5.82 Å². The molecule has 3 heterocycles. The molecule has 2 aliphatic rings. The van der Waals surface area contributed by atoms with Crippen LogP contribution in [-0.2, 0) is 11.3 Å². The lowest BCUT2D eigenvalue weighted by Crippen LogP contribution is -2.48. The van der Waals surface area contributed by atoms with E-state index in [1.807, 2.05) is 11.0 Å². The molecule has 0 radical (unpaired) electrons. The van der Waals surface area contributed by atoms with E-state index in [1.165, 1.54) is 5.56 Å². The van der Waals surface area contributed by atoms with Crippen molar-refractivity contribution in [2.24, 2.45) is 0 Å². The van der Waals surface area contributed by atoms with Crippen LogP contribution in [0.2, 0.25) is 0 Å². The van der Waals surface area contributed by atoms with Gasteiger partial charge in [0.15, 0.2) is 0 Å². The fourth-order valence-electron chi connectivity index (χ4n) is 3.67. The van der Waals surface area contributed by atoms with Gasteiger partial charge in [0.1, 0.15) is 11.5 Å². The summed E-state index contributed by atoms with van der Waals surface area (Å²) >= 11 is 0. The first kappa shape index (κ1) is 18.8. The van der Waals surface area contributed by atoms with E-state index in [2.05, 4.69) is 44.5 Å². The summed E-state index contributed by atoms with van der Waals surface area (Å²) in [5.74, 6) is 0.636. The number of carbonyl (C=O) groups is 1. The minimum absolute atomic E-state index is 0.0439. The Hall–Kier alpha value is -2.51. The van der Waals surface area contributed by atoms with E-state index in [9.17, 15) is 4.79 Å². The molecule has 28 heavy (non-hydrogen) atoms. The van der Waals surface area contributed by atoms with Gasteiger partial charge in [0.25, 0.3) is 5.91 Å². The molecule has 2 fully saturated rings. The maximum atomic E-state index is 12.7. The number of amides is 1. The number of piperazine rings is 1. The molecule has 1 N–H and O–H groups in total. The van der Waals surface area contributed by atoms with E-state index in [1.54, 1.807) is 12.4 Å². The van der Waals surface area contributed by atoms with Gasteiger partial charge in [0, 0.05) is 45.9 Å². The van der Waals surface area contributed by atoms with Gasteiger partial charge >= 0.3 is 0 Å². The Morgan fingerprint density at radius 1 is 1.11 bits per heavy atom. The first-order valence-electron chi connectivity index (χ1n) is 10.0. The first-order chi connectivity index (χ1) is 13.8. The minimum atomic E-state index is -0.0439. The van der Waals surface area contributed by atoms with Crippen LogP contribution < -0.4 is 5.32 Å². The molecular formula is C21H27N5O2. The summed E-state index contributed by atoms with van der Waals surface area (Å²) in [5.41, 5.74) is 1.71. The van der Waals surface area contributed by atoms with Gasteiger partial charge in [0.2, 0.25) is 0 Å². The number of hydrogen-bond donors (Lipinski definition) is 1. The third kappa shape index (κ3) is 4.85. The zero-order valence-electron chi connectivity index (χ0n) is 16.1. The third-order valence-corrected chi connectivity index (χ3v) is 5.31. The molecule has 4 rings (SSSR count). The summed E-state index contributed by atoms with van der Waals surface area (Å²) in [6.07, 6.45) is 5.64. The number of aromatic nitrogens is 2. The summed E-state index contributed by atoms with van der Waals surface area (Å²) in [4.78, 5) is 25.6. The van der Waals surface area contributed by atoms with Gasteiger partial charge in [-0.1, -0.05) is 30.3 Å². The first-order valence-corrected chi connectivity index (χ1v) is 10.0. The Morgan fingerprint density at radius 2 is 1.93 bits per heavy atom. The maximum Gasteiger partial charge on any atom is 0.274 e. The molecular weight excluding hydrogens is 354 g/mol. The van der Waals surface area contributed by atoms with Crippen LogP contribution in [0.3, 0.4) is 0 Å². The second-order valence-corrected chi connectivity index (χ2v) is 7.36. The van der Waals surface area contributed by atoms with Crippen LogP contribution in [0.1, 0.15) is 28.9 Å². The highest BCUT2D eigenvalue weighted by atomic mass is 16.5. The Morgan fingerprint density at radius 3 is 2.61 bits per heavy atom. The van der Waals surface area contributed by atoms with Gasteiger partial charge in [-0.2, -0.15) is 0 Å². The van der Waals surface area contributed by atoms with Crippen LogP contribution >= 0.6 is 0 Å². The van der Waals surface area contributed by atoms with Crippen molar-refractivity contribution in [3.8, 4) is 0 Å². The van der Waals surface area contributed by atoms with Crippen molar-refractivity contribution >= 4 is 11.7 Å². The molecule has 1 aromatic heterocycles. The van der Waals surface area contributed by atoms with Crippen molar-refractivity contribution in [2.75, 3.05) is 44.6 Å². The van der Waals surface area contributed by atoms with E-state index in [-0.39, 0.29) is 12.0 Å². The van der Waals surface area contributed by atoms with E-state index in [4.69, 9.17) is 4.74 Å². The zero-order valence-corrected chi connectivity index (χ0v) is 16.1. The summed E-state index contributed by atoms with van der Waals surface area (Å²) in [6, 6.07) is 10.4. The van der Waals surface area contributed by atoms with Crippen LogP contribution in [0.25, 0.3) is 0 Å². The maximum absolute atomic E-state index is 12.7. The number of hydrogen-bond acceptors (Lipinski definition) is 6. The number of ether oxygens (including phenoxy) is 1. The lowest BCUT2D eigenvalue weighted by atomic mass is 10.2. The monoisotopic (exact) mass is 381 g/mol. The fraction of sp³-hybridized carbons (Fsp3) is 0.476. The van der Waals surface area contributed by atoms with Crippen molar-refractivity contribution in [3.63, 3.8) is 0 Å². The van der Waals surface area contributed by atoms with Crippen molar-refractivity contribution < 1.29 is 9.53 Å². The van der Waals surface area contributed by atoms with Crippen LogP contribution in [0.5, 0.6) is 0 Å². The molecule has 0 bridgehead atoms. The molecule has 2 aromatic rings. The quantitative estimate of drug-likeness (QED) is 0.826. The van der Waals surface area contributed by atoms with E-state index in [0.717, 1.165) is 45.6 Å². The van der Waals surface area contributed by atoms with Gasteiger partial charge in [-0.25, -0.2) is 9.97 Å². The summed E-state index contributed by atoms with van der Waals surface area (Å²) in [6.45, 7) is 5.66. The van der Waals surface area contributed by atoms with Gasteiger partial charge in [-0.3, -0.25) is 9.69 Å². The Bertz CT molecular complexity index is 754. The van der Waals surface area contributed by atoms with E-state index in [0.29, 0.717) is 24.6 Å². The number of carbonyl (C=O) groups excluding carboxylic acids is 1. The van der Waals surface area contributed by atoms with Gasteiger partial charge in [0.05, 0.1) is 18.5 Å². The highest BCUT2D eigenvalue weighted by molar-refractivity contribution is 5.92. The molecule has 0 saturated carbocycles. The lowest BCUT2D eigenvalue weighted by molar-refractivity contribution is 0.0622. The summed E-state index contributed by atoms with van der Waals surface area (Å²) in [7, 11) is 0. The summed E-state index contributed by atoms with van der Waals surface area (Å²) < 4.78 is 5.59. The number of benzene rings is 1. The van der Waals surface area contributed by atoms with Crippen molar-refractivity contribution in [3.05, 3.63) is 54.0 Å². The predicted molar refractivity (Wildman–Crippen MR) is 107 cm³/mol. The molecule has 7 heteroatoms. The molecule has 7 nitrogen and oxygen atoms in total. The van der Waals surface area contributed by atoms with E-state index >= 15 is 0 Å². The molecule has 1 unspecified atom stereocenters. The van der Waals surface area contributed by atoms with Crippen LogP contribution in [0.15, 0.2) is 42.7 Å². The largest absolute Gasteiger partial charge is 0.376 e. The average molecular weight is 381 g/mol. The Kier molecular flexibility index (Phi) is 6.14. The average Bonchev–Trinajstić information content (AvgIpc) is 3.27. The molecule has 0 aliphatic carbocycles. The number of anilines is 1. The standard InChI is InChI=1S/C21H27N5O2/c27-21(19-14-24-20(15-22-19)23-13-18-7-4-12-28-18)26-10-8-25(9-11-26)16-17-5-2-1-3-6-17/h1-3,5-6,14-15,18H,4,7-13,16H2,(H,23,24). The fourth-order valence-corrected chi connectivity index (χ4v) is 3.67. The zero-order chi connectivity index (χ0) is 19.2. The lowest BCUT2D eigenvalue weighted by Gasteiger charge is -2.34. The third-order valence-electron chi connectivity index (χ3n) is 5.31. The molecule has 0 spiro atoms. The van der Waals surface area contributed by atoms with Crippen LogP contribution in [0, 0.1) is 0 Å². The second-order valence-electron chi connectivity index (χ2n) is 7.36. The van der Waals surface area contributed by atoms with Gasteiger partial charge < -0.3 is 15.0 Å². The van der Waals surface area contributed by atoms with Crippen molar-refractivity contribution in [1.29, 1.82) is 0 Å². The molecule has 1 amide bonds. The van der Waals surface area contributed by atoms with Gasteiger partial charge in [-0.05, 0) is 18.4 Å². The molecule has 2 saturated heterocycles. The molecule has 1 aromatic carbocycles. The Balaban J connectivity index is 1.25. The Labute approximate surface area is 165 Å². The number of rotatable bonds is 6. The number of nitrogens with zero attached hydrogens (tertiary/aromatic N) is 4.